The van der Waals surface area contributed by atoms with Gasteiger partial charge in [-0.15, -0.1) is 0 Å². The number of aromatic nitrogens is 2. The fraction of sp³-hybridized carbons (Fsp3) is 0.167. The molecule has 100 valence electrons. The van der Waals surface area contributed by atoms with Crippen LogP contribution in [0, 0.1) is 5.82 Å². The normalized spacial score (nSPS) is 10.3. The molecule has 0 aliphatic carbocycles. The first-order valence-corrected chi connectivity index (χ1v) is 5.81. The largest absolute Gasteiger partial charge is 0.471 e. The Bertz CT molecular complexity index is 600. The number of carbonyl (C=O) groups excluding carboxylic acids is 1. The van der Waals surface area contributed by atoms with Gasteiger partial charge in [0, 0.05) is 19.3 Å². The van der Waals surface area contributed by atoms with Crippen molar-refractivity contribution in [2.75, 3.05) is 7.05 Å². The zero-order valence-corrected chi connectivity index (χ0v) is 10.8. The summed E-state index contributed by atoms with van der Waals surface area (Å²) >= 11 is 5.63. The minimum atomic E-state index is -0.505. The highest BCUT2D eigenvalue weighted by molar-refractivity contribution is 6.30. The van der Waals surface area contributed by atoms with Crippen LogP contribution < -0.4 is 10.1 Å². The summed E-state index contributed by atoms with van der Waals surface area (Å²) in [6.45, 7) is 0.0962. The van der Waals surface area contributed by atoms with Gasteiger partial charge in [-0.25, -0.2) is 9.07 Å². The van der Waals surface area contributed by atoms with E-state index in [0.29, 0.717) is 11.4 Å². The highest BCUT2D eigenvalue weighted by Gasteiger charge is 2.07. The lowest BCUT2D eigenvalue weighted by Crippen LogP contribution is -2.19. The molecule has 0 radical (unpaired) electrons. The third-order valence-electron chi connectivity index (χ3n) is 2.35. The molecule has 1 aromatic carbocycles. The molecular weight excluding hydrogens is 273 g/mol. The number of carbonyl (C=O) groups is 1. The monoisotopic (exact) mass is 283 g/mol. The van der Waals surface area contributed by atoms with Crippen molar-refractivity contribution in [3.8, 4) is 5.75 Å². The van der Waals surface area contributed by atoms with Gasteiger partial charge < -0.3 is 10.1 Å². The number of rotatable bonds is 4. The highest BCUT2D eigenvalue weighted by atomic mass is 35.5. The molecule has 0 spiro atoms. The van der Waals surface area contributed by atoms with Gasteiger partial charge in [0.25, 0.3) is 5.91 Å². The van der Waals surface area contributed by atoms with Crippen LogP contribution in [-0.4, -0.2) is 22.7 Å². The van der Waals surface area contributed by atoms with Crippen LogP contribution in [0.5, 0.6) is 5.75 Å². The molecule has 0 atom stereocenters. The molecule has 0 aliphatic rings. The van der Waals surface area contributed by atoms with E-state index in [-0.39, 0.29) is 17.7 Å². The summed E-state index contributed by atoms with van der Waals surface area (Å²) in [5, 5.41) is 6.47. The summed E-state index contributed by atoms with van der Waals surface area (Å²) in [5.41, 5.74) is 0.295. The van der Waals surface area contributed by atoms with Gasteiger partial charge >= 0.3 is 0 Å². The maximum Gasteiger partial charge on any atom is 0.271 e. The first-order chi connectivity index (χ1) is 9.10. The van der Waals surface area contributed by atoms with E-state index in [4.69, 9.17) is 16.3 Å². The van der Waals surface area contributed by atoms with Crippen LogP contribution in [0.4, 0.5) is 4.39 Å². The summed E-state index contributed by atoms with van der Waals surface area (Å²) in [6.07, 6.45) is 1.61. The molecule has 1 N–H and O–H groups in total. The molecule has 0 aliphatic heterocycles. The van der Waals surface area contributed by atoms with Gasteiger partial charge in [-0.2, -0.15) is 5.10 Å². The van der Waals surface area contributed by atoms with Crippen LogP contribution in [0.1, 0.15) is 10.5 Å². The SMILES string of the molecule is CNC(=O)c1ccn(COc2ccc(F)c(Cl)c2)n1. The number of nitrogens with zero attached hydrogens (tertiary/aromatic N) is 2. The van der Waals surface area contributed by atoms with Gasteiger partial charge in [0.05, 0.1) is 5.02 Å². The highest BCUT2D eigenvalue weighted by Crippen LogP contribution is 2.21. The second kappa shape index (κ2) is 5.71. The molecule has 0 bridgehead atoms. The minimum absolute atomic E-state index is 0.0102. The third kappa shape index (κ3) is 3.23. The van der Waals surface area contributed by atoms with Crippen LogP contribution in [0.2, 0.25) is 5.02 Å². The zero-order chi connectivity index (χ0) is 13.8. The lowest BCUT2D eigenvalue weighted by Gasteiger charge is -2.06. The maximum absolute atomic E-state index is 12.9. The van der Waals surface area contributed by atoms with Crippen LogP contribution in [0.15, 0.2) is 30.5 Å². The van der Waals surface area contributed by atoms with E-state index in [0.717, 1.165) is 0 Å². The summed E-state index contributed by atoms with van der Waals surface area (Å²) in [7, 11) is 1.53. The summed E-state index contributed by atoms with van der Waals surface area (Å²) < 4.78 is 19.8. The number of amides is 1. The van der Waals surface area contributed by atoms with Crippen LogP contribution in [0.25, 0.3) is 0 Å². The summed E-state index contributed by atoms with van der Waals surface area (Å²) in [6, 6.07) is 5.63. The molecule has 0 saturated heterocycles. The second-order valence-electron chi connectivity index (χ2n) is 3.67. The van der Waals surface area contributed by atoms with Gasteiger partial charge in [-0.3, -0.25) is 4.79 Å². The molecule has 1 amide bonds. The first kappa shape index (κ1) is 13.4. The van der Waals surface area contributed by atoms with E-state index in [1.165, 1.54) is 29.9 Å². The predicted molar refractivity (Wildman–Crippen MR) is 67.7 cm³/mol. The number of hydrogen-bond donors (Lipinski definition) is 1. The van der Waals surface area contributed by atoms with Gasteiger partial charge in [-0.1, -0.05) is 11.6 Å². The maximum atomic E-state index is 12.9. The molecule has 0 unspecified atom stereocenters. The van der Waals surface area contributed by atoms with E-state index < -0.39 is 5.82 Å². The Balaban J connectivity index is 2.00. The van der Waals surface area contributed by atoms with Gasteiger partial charge in [0.2, 0.25) is 0 Å². The van der Waals surface area contributed by atoms with Crippen molar-refractivity contribution in [1.29, 1.82) is 0 Å². The van der Waals surface area contributed by atoms with E-state index in [1.54, 1.807) is 12.3 Å². The smallest absolute Gasteiger partial charge is 0.271 e. The Morgan fingerprint density at radius 3 is 3.00 bits per heavy atom. The average molecular weight is 284 g/mol. The number of halogens is 2. The Morgan fingerprint density at radius 2 is 2.32 bits per heavy atom. The first-order valence-electron chi connectivity index (χ1n) is 5.43. The van der Waals surface area contributed by atoms with Crippen molar-refractivity contribution < 1.29 is 13.9 Å². The lowest BCUT2D eigenvalue weighted by atomic mass is 10.3. The number of ether oxygens (including phenoxy) is 1. The predicted octanol–water partition coefficient (Wildman–Crippen LogP) is 2.07. The Kier molecular flexibility index (Phi) is 4.01. The summed E-state index contributed by atoms with van der Waals surface area (Å²) in [4.78, 5) is 11.3. The fourth-order valence-corrected chi connectivity index (χ4v) is 1.56. The number of benzene rings is 1. The van der Waals surface area contributed by atoms with Crippen LogP contribution in [0.3, 0.4) is 0 Å². The second-order valence-corrected chi connectivity index (χ2v) is 4.08. The molecule has 7 heteroatoms. The molecular formula is C12H11ClFN3O2. The molecule has 2 rings (SSSR count). The van der Waals surface area contributed by atoms with Crippen LogP contribution in [-0.2, 0) is 6.73 Å². The van der Waals surface area contributed by atoms with Crippen molar-refractivity contribution in [3.05, 3.63) is 47.0 Å². The van der Waals surface area contributed by atoms with Gasteiger partial charge in [0.1, 0.15) is 17.3 Å². The Morgan fingerprint density at radius 1 is 1.53 bits per heavy atom. The van der Waals surface area contributed by atoms with Crippen LogP contribution >= 0.6 is 11.6 Å². The topological polar surface area (TPSA) is 56.2 Å². The zero-order valence-electron chi connectivity index (χ0n) is 10.1. The lowest BCUT2D eigenvalue weighted by molar-refractivity contribution is 0.0956. The average Bonchev–Trinajstić information content (AvgIpc) is 2.88. The van der Waals surface area contributed by atoms with Crippen molar-refractivity contribution in [2.45, 2.75) is 6.73 Å². The third-order valence-corrected chi connectivity index (χ3v) is 2.64. The molecule has 0 fully saturated rings. The molecule has 2 aromatic rings. The fourth-order valence-electron chi connectivity index (χ4n) is 1.39. The molecule has 1 aromatic heterocycles. The molecule has 1 heterocycles. The Hall–Kier alpha value is -2.08. The van der Waals surface area contributed by atoms with Gasteiger partial charge in [0.15, 0.2) is 6.73 Å². The number of hydrogen-bond acceptors (Lipinski definition) is 3. The van der Waals surface area contributed by atoms with E-state index >= 15 is 0 Å². The minimum Gasteiger partial charge on any atom is -0.471 e. The Labute approximate surface area is 113 Å². The van der Waals surface area contributed by atoms with Crippen molar-refractivity contribution in [3.63, 3.8) is 0 Å². The summed E-state index contributed by atoms with van der Waals surface area (Å²) in [5.74, 6) is -0.359. The van der Waals surface area contributed by atoms with Crippen molar-refractivity contribution >= 4 is 17.5 Å². The van der Waals surface area contributed by atoms with E-state index in [2.05, 4.69) is 10.4 Å². The van der Waals surface area contributed by atoms with Gasteiger partial charge in [-0.05, 0) is 18.2 Å². The van der Waals surface area contributed by atoms with Crippen molar-refractivity contribution in [2.24, 2.45) is 0 Å². The molecule has 5 nitrogen and oxygen atoms in total. The quantitative estimate of drug-likeness (QED) is 0.934. The van der Waals surface area contributed by atoms with E-state index in [9.17, 15) is 9.18 Å². The van der Waals surface area contributed by atoms with Crippen molar-refractivity contribution in [1.82, 2.24) is 15.1 Å². The molecule has 0 saturated carbocycles. The van der Waals surface area contributed by atoms with E-state index in [1.807, 2.05) is 0 Å². The molecule has 19 heavy (non-hydrogen) atoms. The number of nitrogens with one attached hydrogen (secondary N) is 1. The standard InChI is InChI=1S/C12H11ClFN3O2/c1-15-12(18)11-4-5-17(16-11)7-19-8-2-3-10(14)9(13)6-8/h2-6H,7H2,1H3,(H,15,18).